The Morgan fingerprint density at radius 1 is 1.00 bits per heavy atom. The highest BCUT2D eigenvalue weighted by molar-refractivity contribution is 7.92. The van der Waals surface area contributed by atoms with Crippen LogP contribution in [0.4, 0.5) is 5.69 Å². The fourth-order valence-corrected chi connectivity index (χ4v) is 2.62. The summed E-state index contributed by atoms with van der Waals surface area (Å²) in [4.78, 5) is 4.30. The first-order valence-electron chi connectivity index (χ1n) is 7.15. The third-order valence-corrected chi connectivity index (χ3v) is 3.71. The highest BCUT2D eigenvalue weighted by Crippen LogP contribution is 2.19. The SMILES string of the molecule is CS(=O)(=O)Nc1ccc(-c2noc(C=Cc3ccccc3)n2)cc1. The molecular weight excluding hydrogens is 326 g/mol. The van der Waals surface area contributed by atoms with Crippen LogP contribution in [0, 0.1) is 0 Å². The van der Waals surface area contributed by atoms with Gasteiger partial charge >= 0.3 is 0 Å². The van der Waals surface area contributed by atoms with Crippen molar-refractivity contribution in [3.8, 4) is 11.4 Å². The monoisotopic (exact) mass is 341 g/mol. The molecule has 2 aromatic carbocycles. The molecule has 0 aliphatic rings. The molecule has 7 heteroatoms. The molecule has 122 valence electrons. The Bertz CT molecular complexity index is 946. The molecule has 3 aromatic rings. The van der Waals surface area contributed by atoms with Crippen LogP contribution in [0.5, 0.6) is 0 Å². The maximum Gasteiger partial charge on any atom is 0.250 e. The van der Waals surface area contributed by atoms with Gasteiger partial charge in [0.2, 0.25) is 15.8 Å². The molecule has 0 aliphatic heterocycles. The van der Waals surface area contributed by atoms with Crippen LogP contribution in [-0.2, 0) is 10.0 Å². The summed E-state index contributed by atoms with van der Waals surface area (Å²) >= 11 is 0. The van der Waals surface area contributed by atoms with Gasteiger partial charge in [-0.3, -0.25) is 4.72 Å². The van der Waals surface area contributed by atoms with E-state index < -0.39 is 10.0 Å². The molecule has 0 spiro atoms. The number of hydrogen-bond donors (Lipinski definition) is 1. The van der Waals surface area contributed by atoms with E-state index in [1.807, 2.05) is 36.4 Å². The second-order valence-electron chi connectivity index (χ2n) is 5.15. The van der Waals surface area contributed by atoms with E-state index in [1.165, 1.54) is 0 Å². The van der Waals surface area contributed by atoms with Gasteiger partial charge in [-0.15, -0.1) is 0 Å². The number of sulfonamides is 1. The molecule has 0 radical (unpaired) electrons. The Morgan fingerprint density at radius 2 is 1.71 bits per heavy atom. The summed E-state index contributed by atoms with van der Waals surface area (Å²) in [5, 5.41) is 3.93. The summed E-state index contributed by atoms with van der Waals surface area (Å²) in [5.41, 5.74) is 2.25. The Hall–Kier alpha value is -2.93. The maximum atomic E-state index is 11.2. The molecule has 0 unspecified atom stereocenters. The fraction of sp³-hybridized carbons (Fsp3) is 0.0588. The highest BCUT2D eigenvalue weighted by atomic mass is 32.2. The highest BCUT2D eigenvalue weighted by Gasteiger charge is 2.07. The first-order valence-corrected chi connectivity index (χ1v) is 9.04. The van der Waals surface area contributed by atoms with Crippen LogP contribution in [0.1, 0.15) is 11.5 Å². The summed E-state index contributed by atoms with van der Waals surface area (Å²) < 4.78 is 30.0. The van der Waals surface area contributed by atoms with Gasteiger partial charge in [-0.05, 0) is 35.9 Å². The Morgan fingerprint density at radius 3 is 2.38 bits per heavy atom. The first-order chi connectivity index (χ1) is 11.5. The fourth-order valence-electron chi connectivity index (χ4n) is 2.05. The van der Waals surface area contributed by atoms with E-state index in [1.54, 1.807) is 30.3 Å². The summed E-state index contributed by atoms with van der Waals surface area (Å²) in [5.74, 6) is 0.834. The van der Waals surface area contributed by atoms with Crippen molar-refractivity contribution in [3.63, 3.8) is 0 Å². The van der Waals surface area contributed by atoms with Crippen LogP contribution in [0.3, 0.4) is 0 Å². The maximum absolute atomic E-state index is 11.2. The van der Waals surface area contributed by atoms with E-state index in [9.17, 15) is 8.42 Å². The van der Waals surface area contributed by atoms with E-state index in [0.29, 0.717) is 17.4 Å². The van der Waals surface area contributed by atoms with Gasteiger partial charge in [0.25, 0.3) is 5.89 Å². The van der Waals surface area contributed by atoms with Gasteiger partial charge in [0.1, 0.15) is 0 Å². The smallest absolute Gasteiger partial charge is 0.250 e. The van der Waals surface area contributed by atoms with E-state index in [-0.39, 0.29) is 0 Å². The number of hydrogen-bond acceptors (Lipinski definition) is 5. The quantitative estimate of drug-likeness (QED) is 0.770. The van der Waals surface area contributed by atoms with Gasteiger partial charge < -0.3 is 4.52 Å². The zero-order valence-corrected chi connectivity index (χ0v) is 13.7. The van der Waals surface area contributed by atoms with Crippen molar-refractivity contribution in [1.82, 2.24) is 10.1 Å². The van der Waals surface area contributed by atoms with Gasteiger partial charge in [0, 0.05) is 17.3 Å². The van der Waals surface area contributed by atoms with Crippen LogP contribution in [0.15, 0.2) is 59.1 Å². The number of aromatic nitrogens is 2. The third kappa shape index (κ3) is 4.30. The molecule has 0 atom stereocenters. The first kappa shape index (κ1) is 15.9. The number of benzene rings is 2. The molecule has 0 saturated heterocycles. The minimum atomic E-state index is -3.29. The zero-order chi connectivity index (χ0) is 17.0. The minimum Gasteiger partial charge on any atom is -0.334 e. The summed E-state index contributed by atoms with van der Waals surface area (Å²) in [6.45, 7) is 0. The summed E-state index contributed by atoms with van der Waals surface area (Å²) in [6, 6.07) is 16.5. The molecule has 0 saturated carbocycles. The van der Waals surface area contributed by atoms with Crippen molar-refractivity contribution in [3.05, 3.63) is 66.1 Å². The molecular formula is C17H15N3O3S. The van der Waals surface area contributed by atoms with Gasteiger partial charge in [-0.1, -0.05) is 35.5 Å². The molecule has 1 heterocycles. The number of nitrogens with one attached hydrogen (secondary N) is 1. The topological polar surface area (TPSA) is 85.1 Å². The number of rotatable bonds is 5. The van der Waals surface area contributed by atoms with Gasteiger partial charge in [-0.2, -0.15) is 4.98 Å². The molecule has 1 aromatic heterocycles. The zero-order valence-electron chi connectivity index (χ0n) is 12.9. The van der Waals surface area contributed by atoms with Gasteiger partial charge in [0.15, 0.2) is 0 Å². The van der Waals surface area contributed by atoms with Crippen LogP contribution in [0.25, 0.3) is 23.5 Å². The second-order valence-corrected chi connectivity index (χ2v) is 6.90. The molecule has 3 rings (SSSR count). The number of nitrogens with zero attached hydrogens (tertiary/aromatic N) is 2. The van der Waals surface area contributed by atoms with E-state index in [4.69, 9.17) is 4.52 Å². The normalized spacial score (nSPS) is 11.7. The van der Waals surface area contributed by atoms with Crippen LogP contribution in [-0.4, -0.2) is 24.8 Å². The standard InChI is InChI=1S/C17H15N3O3S/c1-24(21,22)20-15-10-8-14(9-11-15)17-18-16(23-19-17)12-7-13-5-3-2-4-6-13/h2-12,20H,1H3. The summed E-state index contributed by atoms with van der Waals surface area (Å²) in [6.07, 6.45) is 4.73. The lowest BCUT2D eigenvalue weighted by Gasteiger charge is -2.03. The van der Waals surface area contributed by atoms with E-state index in [0.717, 1.165) is 17.4 Å². The molecule has 6 nitrogen and oxygen atoms in total. The molecule has 24 heavy (non-hydrogen) atoms. The van der Waals surface area contributed by atoms with Crippen LogP contribution >= 0.6 is 0 Å². The van der Waals surface area contributed by atoms with Crippen LogP contribution in [0.2, 0.25) is 0 Å². The molecule has 0 amide bonds. The third-order valence-electron chi connectivity index (χ3n) is 3.11. The largest absolute Gasteiger partial charge is 0.334 e. The van der Waals surface area contributed by atoms with E-state index in [2.05, 4.69) is 14.9 Å². The second kappa shape index (κ2) is 6.67. The Labute approximate surface area is 139 Å². The Kier molecular flexibility index (Phi) is 4.43. The number of anilines is 1. The minimum absolute atomic E-state index is 0.396. The molecule has 0 fully saturated rings. The summed E-state index contributed by atoms with van der Waals surface area (Å²) in [7, 11) is -3.29. The average molecular weight is 341 g/mol. The predicted molar refractivity (Wildman–Crippen MR) is 93.6 cm³/mol. The van der Waals surface area contributed by atoms with Crippen molar-refractivity contribution in [2.75, 3.05) is 11.0 Å². The lowest BCUT2D eigenvalue weighted by molar-refractivity contribution is 0.411. The Balaban J connectivity index is 1.74. The van der Waals surface area contributed by atoms with Gasteiger partial charge in [-0.25, -0.2) is 8.42 Å². The van der Waals surface area contributed by atoms with Gasteiger partial charge in [0.05, 0.1) is 6.26 Å². The van der Waals surface area contributed by atoms with Crippen molar-refractivity contribution < 1.29 is 12.9 Å². The molecule has 0 aliphatic carbocycles. The molecule has 0 bridgehead atoms. The molecule has 1 N–H and O–H groups in total. The average Bonchev–Trinajstić information content (AvgIpc) is 3.02. The predicted octanol–water partition coefficient (Wildman–Crippen LogP) is 3.28. The van der Waals surface area contributed by atoms with E-state index >= 15 is 0 Å². The van der Waals surface area contributed by atoms with Crippen molar-refractivity contribution in [1.29, 1.82) is 0 Å². The lowest BCUT2D eigenvalue weighted by Crippen LogP contribution is -2.09. The van der Waals surface area contributed by atoms with Crippen LogP contribution < -0.4 is 4.72 Å². The lowest BCUT2D eigenvalue weighted by atomic mass is 10.2. The van der Waals surface area contributed by atoms with Crippen molar-refractivity contribution in [2.24, 2.45) is 0 Å². The van der Waals surface area contributed by atoms with Crippen molar-refractivity contribution in [2.45, 2.75) is 0 Å². The van der Waals surface area contributed by atoms with Crippen molar-refractivity contribution >= 4 is 27.9 Å².